The number of benzene rings is 1. The van der Waals surface area contributed by atoms with Crippen molar-refractivity contribution in [1.29, 1.82) is 0 Å². The predicted molar refractivity (Wildman–Crippen MR) is 139 cm³/mol. The van der Waals surface area contributed by atoms with Crippen LogP contribution in [0.5, 0.6) is 0 Å². The Kier molecular flexibility index (Phi) is 7.34. The third kappa shape index (κ3) is 5.51. The van der Waals surface area contributed by atoms with Crippen LogP contribution in [0.1, 0.15) is 67.8 Å². The molecule has 0 spiro atoms. The van der Waals surface area contributed by atoms with E-state index >= 15 is 0 Å². The van der Waals surface area contributed by atoms with Gasteiger partial charge in [-0.15, -0.1) is 0 Å². The van der Waals surface area contributed by atoms with E-state index in [1.54, 1.807) is 12.1 Å². The van der Waals surface area contributed by atoms with Gasteiger partial charge in [0.15, 0.2) is 17.0 Å². The summed E-state index contributed by atoms with van der Waals surface area (Å²) < 4.78 is 2.23. The standard InChI is InChI=1S/C25H33ClN8O/c26-24-32-21(28-14-15-29-23(35)16-6-2-1-3-7-16)20-22(33-24)34(19-8-4-5-9-19)25(31-20)30-18-12-10-17(27)11-13-18/h1-3,6-7,17-19H,4-5,8-15,27H2,(H,29,35)(H,30,31)(H,28,32,33). The monoisotopic (exact) mass is 496 g/mol. The zero-order chi connectivity index (χ0) is 24.2. The van der Waals surface area contributed by atoms with Crippen molar-refractivity contribution in [3.63, 3.8) is 0 Å². The molecule has 1 aromatic carbocycles. The lowest BCUT2D eigenvalue weighted by Gasteiger charge is -2.28. The van der Waals surface area contributed by atoms with Crippen molar-refractivity contribution in [2.75, 3.05) is 23.7 Å². The molecule has 0 aliphatic heterocycles. The quantitative estimate of drug-likeness (QED) is 0.273. The smallest absolute Gasteiger partial charge is 0.251 e. The first-order valence-corrected chi connectivity index (χ1v) is 13.0. The Balaban J connectivity index is 1.34. The molecule has 2 aliphatic carbocycles. The summed E-state index contributed by atoms with van der Waals surface area (Å²) in [6.07, 6.45) is 8.72. The van der Waals surface area contributed by atoms with Crippen LogP contribution in [0.25, 0.3) is 11.2 Å². The molecule has 0 radical (unpaired) electrons. The summed E-state index contributed by atoms with van der Waals surface area (Å²) in [6.45, 7) is 0.925. The number of nitrogens with zero attached hydrogens (tertiary/aromatic N) is 4. The van der Waals surface area contributed by atoms with E-state index in [4.69, 9.17) is 22.3 Å². The first-order chi connectivity index (χ1) is 17.1. The minimum atomic E-state index is -0.109. The van der Waals surface area contributed by atoms with Gasteiger partial charge < -0.3 is 21.7 Å². The maximum atomic E-state index is 12.3. The molecule has 2 aliphatic rings. The third-order valence-corrected chi connectivity index (χ3v) is 7.22. The number of rotatable bonds is 8. The average molecular weight is 497 g/mol. The number of halogens is 1. The molecular formula is C25H33ClN8O. The molecule has 35 heavy (non-hydrogen) atoms. The van der Waals surface area contributed by atoms with Gasteiger partial charge in [0.1, 0.15) is 0 Å². The van der Waals surface area contributed by atoms with Crippen LogP contribution in [-0.2, 0) is 0 Å². The van der Waals surface area contributed by atoms with E-state index in [2.05, 4.69) is 30.5 Å². The molecule has 2 fully saturated rings. The highest BCUT2D eigenvalue weighted by molar-refractivity contribution is 6.28. The Labute approximate surface area is 210 Å². The number of hydrogen-bond donors (Lipinski definition) is 4. The molecule has 5 N–H and O–H groups in total. The normalized spacial score (nSPS) is 20.7. The summed E-state index contributed by atoms with van der Waals surface area (Å²) in [5.74, 6) is 1.31. The maximum Gasteiger partial charge on any atom is 0.251 e. The van der Waals surface area contributed by atoms with Crippen molar-refractivity contribution in [2.45, 2.75) is 69.5 Å². The van der Waals surface area contributed by atoms with E-state index in [0.29, 0.717) is 48.1 Å². The molecule has 0 bridgehead atoms. The maximum absolute atomic E-state index is 12.3. The zero-order valence-electron chi connectivity index (χ0n) is 19.8. The Morgan fingerprint density at radius 3 is 2.49 bits per heavy atom. The van der Waals surface area contributed by atoms with Crippen LogP contribution in [-0.4, -0.2) is 50.6 Å². The number of carbonyl (C=O) groups is 1. The lowest BCUT2D eigenvalue weighted by atomic mass is 9.92. The summed E-state index contributed by atoms with van der Waals surface area (Å²) in [5, 5.41) is 10.1. The molecule has 0 saturated heterocycles. The second-order valence-corrected chi connectivity index (χ2v) is 9.90. The summed E-state index contributed by atoms with van der Waals surface area (Å²) in [5.41, 5.74) is 8.20. The van der Waals surface area contributed by atoms with Gasteiger partial charge in [0, 0.05) is 36.8 Å². The van der Waals surface area contributed by atoms with Crippen LogP contribution in [0.4, 0.5) is 11.8 Å². The van der Waals surface area contributed by atoms with E-state index in [9.17, 15) is 4.79 Å². The number of nitrogens with one attached hydrogen (secondary N) is 3. The second kappa shape index (κ2) is 10.8. The first kappa shape index (κ1) is 23.8. The highest BCUT2D eigenvalue weighted by Crippen LogP contribution is 2.37. The summed E-state index contributed by atoms with van der Waals surface area (Å²) in [4.78, 5) is 26.3. The number of imidazole rings is 1. The van der Waals surface area contributed by atoms with E-state index in [1.165, 1.54) is 12.8 Å². The predicted octanol–water partition coefficient (Wildman–Crippen LogP) is 4.12. The number of anilines is 2. The van der Waals surface area contributed by atoms with Gasteiger partial charge in [-0.25, -0.2) is 4.98 Å². The average Bonchev–Trinajstić information content (AvgIpc) is 3.51. The molecular weight excluding hydrogens is 464 g/mol. The van der Waals surface area contributed by atoms with Gasteiger partial charge in [-0.05, 0) is 62.3 Å². The topological polar surface area (TPSA) is 123 Å². The first-order valence-electron chi connectivity index (χ1n) is 12.6. The lowest BCUT2D eigenvalue weighted by molar-refractivity contribution is 0.0955. The van der Waals surface area contributed by atoms with Crippen LogP contribution in [0.15, 0.2) is 30.3 Å². The lowest BCUT2D eigenvalue weighted by Crippen LogP contribution is -2.33. The van der Waals surface area contributed by atoms with Gasteiger partial charge in [0.25, 0.3) is 5.91 Å². The zero-order valence-corrected chi connectivity index (χ0v) is 20.6. The van der Waals surface area contributed by atoms with Gasteiger partial charge >= 0.3 is 0 Å². The van der Waals surface area contributed by atoms with Crippen LogP contribution in [0.2, 0.25) is 5.28 Å². The molecule has 186 valence electrons. The number of amides is 1. The van der Waals surface area contributed by atoms with Crippen molar-refractivity contribution in [3.05, 3.63) is 41.2 Å². The number of hydrogen-bond acceptors (Lipinski definition) is 7. The molecule has 0 unspecified atom stereocenters. The Morgan fingerprint density at radius 1 is 1.00 bits per heavy atom. The van der Waals surface area contributed by atoms with Crippen molar-refractivity contribution in [2.24, 2.45) is 5.73 Å². The molecule has 3 aromatic rings. The summed E-state index contributed by atoms with van der Waals surface area (Å²) in [6, 6.07) is 10.2. The van der Waals surface area contributed by atoms with Gasteiger partial charge in [0.2, 0.25) is 11.2 Å². The van der Waals surface area contributed by atoms with Crippen molar-refractivity contribution in [3.8, 4) is 0 Å². The summed E-state index contributed by atoms with van der Waals surface area (Å²) in [7, 11) is 0. The van der Waals surface area contributed by atoms with E-state index in [0.717, 1.165) is 50.1 Å². The van der Waals surface area contributed by atoms with E-state index < -0.39 is 0 Å². The van der Waals surface area contributed by atoms with Gasteiger partial charge in [-0.1, -0.05) is 31.0 Å². The number of carbonyl (C=O) groups excluding carboxylic acids is 1. The molecule has 10 heteroatoms. The SMILES string of the molecule is NC1CCC(Nc2nc3c(NCCNC(=O)c4ccccc4)nc(Cl)nc3n2C2CCCC2)CC1. The van der Waals surface area contributed by atoms with Crippen molar-refractivity contribution in [1.82, 2.24) is 24.8 Å². The van der Waals surface area contributed by atoms with Crippen LogP contribution < -0.4 is 21.7 Å². The minimum Gasteiger partial charge on any atom is -0.366 e. The molecule has 5 rings (SSSR count). The molecule has 2 saturated carbocycles. The minimum absolute atomic E-state index is 0.109. The molecule has 9 nitrogen and oxygen atoms in total. The molecule has 2 heterocycles. The highest BCUT2D eigenvalue weighted by atomic mass is 35.5. The fourth-order valence-electron chi connectivity index (χ4n) is 5.18. The third-order valence-electron chi connectivity index (χ3n) is 7.05. The highest BCUT2D eigenvalue weighted by Gasteiger charge is 2.28. The fraction of sp³-hybridized carbons (Fsp3) is 0.520. The van der Waals surface area contributed by atoms with Gasteiger partial charge in [-0.3, -0.25) is 9.36 Å². The molecule has 2 aromatic heterocycles. The van der Waals surface area contributed by atoms with Gasteiger partial charge in [-0.2, -0.15) is 9.97 Å². The number of aromatic nitrogens is 4. The Hall–Kier alpha value is -2.91. The molecule has 1 amide bonds. The molecule has 0 atom stereocenters. The van der Waals surface area contributed by atoms with Crippen molar-refractivity contribution >= 4 is 40.4 Å². The van der Waals surface area contributed by atoms with Crippen LogP contribution in [0, 0.1) is 0 Å². The largest absolute Gasteiger partial charge is 0.366 e. The van der Waals surface area contributed by atoms with Crippen LogP contribution in [0.3, 0.4) is 0 Å². The number of nitrogens with two attached hydrogens (primary N) is 1. The second-order valence-electron chi connectivity index (χ2n) is 9.56. The Morgan fingerprint density at radius 2 is 1.74 bits per heavy atom. The van der Waals surface area contributed by atoms with Crippen molar-refractivity contribution < 1.29 is 4.79 Å². The fourth-order valence-corrected chi connectivity index (χ4v) is 5.34. The Bertz CT molecular complexity index is 1150. The van der Waals surface area contributed by atoms with E-state index in [1.807, 2.05) is 18.2 Å². The van der Waals surface area contributed by atoms with Crippen LogP contribution >= 0.6 is 11.6 Å². The summed E-state index contributed by atoms with van der Waals surface area (Å²) >= 11 is 6.36. The van der Waals surface area contributed by atoms with E-state index in [-0.39, 0.29) is 11.2 Å². The number of fused-ring (bicyclic) bond motifs is 1. The van der Waals surface area contributed by atoms with Gasteiger partial charge in [0.05, 0.1) is 0 Å².